The van der Waals surface area contributed by atoms with E-state index in [0.717, 1.165) is 18.8 Å². The zero-order valence-corrected chi connectivity index (χ0v) is 12.7. The molecule has 3 rings (SSSR count). The summed E-state index contributed by atoms with van der Waals surface area (Å²) in [5, 5.41) is 1.11. The molecule has 2 aliphatic rings. The van der Waals surface area contributed by atoms with Crippen LogP contribution in [0.1, 0.15) is 24.1 Å². The standard InChI is InChI=1S/C14H20N2OS2/c1-9-14(19-8-7-18-9)12(16-15)11-4-2-3-10-5-6-17-13(10)11/h2-4,9,12,14,16H,5-8,15H2,1H3. The van der Waals surface area contributed by atoms with Gasteiger partial charge in [0.05, 0.1) is 12.6 Å². The number of benzene rings is 1. The summed E-state index contributed by atoms with van der Waals surface area (Å²) in [7, 11) is 0. The SMILES string of the molecule is CC1SCCSC1C(NN)c1cccc2c1OCC2. The van der Waals surface area contributed by atoms with Gasteiger partial charge < -0.3 is 4.74 Å². The summed E-state index contributed by atoms with van der Waals surface area (Å²) in [5.74, 6) is 9.37. The lowest BCUT2D eigenvalue weighted by molar-refractivity contribution is 0.347. The number of hydrogen-bond donors (Lipinski definition) is 2. The summed E-state index contributed by atoms with van der Waals surface area (Å²) in [6, 6.07) is 6.60. The lowest BCUT2D eigenvalue weighted by atomic mass is 9.98. The number of thioether (sulfide) groups is 2. The zero-order valence-electron chi connectivity index (χ0n) is 11.1. The number of fused-ring (bicyclic) bond motifs is 1. The Hall–Kier alpha value is -0.360. The van der Waals surface area contributed by atoms with Crippen LogP contribution in [0, 0.1) is 0 Å². The maximum absolute atomic E-state index is 5.86. The van der Waals surface area contributed by atoms with Crippen LogP contribution in [-0.2, 0) is 6.42 Å². The van der Waals surface area contributed by atoms with Gasteiger partial charge in [0.2, 0.25) is 0 Å². The molecule has 0 bridgehead atoms. The van der Waals surface area contributed by atoms with Gasteiger partial charge in [-0.05, 0) is 5.56 Å². The Bertz CT molecular complexity index is 455. The van der Waals surface area contributed by atoms with Crippen LogP contribution in [0.4, 0.5) is 0 Å². The van der Waals surface area contributed by atoms with Gasteiger partial charge in [0.25, 0.3) is 0 Å². The number of rotatable bonds is 3. The van der Waals surface area contributed by atoms with E-state index in [1.165, 1.54) is 22.6 Å². The minimum atomic E-state index is 0.167. The molecule has 0 saturated carbocycles. The van der Waals surface area contributed by atoms with E-state index in [-0.39, 0.29) is 6.04 Å². The number of para-hydroxylation sites is 1. The molecule has 1 aromatic rings. The minimum absolute atomic E-state index is 0.167. The third kappa shape index (κ3) is 2.61. The molecule has 104 valence electrons. The quantitative estimate of drug-likeness (QED) is 0.662. The molecule has 19 heavy (non-hydrogen) atoms. The third-order valence-corrected chi connectivity index (χ3v) is 7.02. The summed E-state index contributed by atoms with van der Waals surface area (Å²) in [4.78, 5) is 0. The average molecular weight is 296 g/mol. The number of nitrogens with two attached hydrogens (primary N) is 1. The maximum Gasteiger partial charge on any atom is 0.127 e. The highest BCUT2D eigenvalue weighted by Gasteiger charge is 2.33. The summed E-state index contributed by atoms with van der Waals surface area (Å²) in [6.45, 7) is 3.10. The first-order valence-corrected chi connectivity index (χ1v) is 8.85. The van der Waals surface area contributed by atoms with Gasteiger partial charge in [-0.2, -0.15) is 23.5 Å². The maximum atomic E-state index is 5.86. The van der Waals surface area contributed by atoms with E-state index >= 15 is 0 Å². The van der Waals surface area contributed by atoms with Crippen molar-refractivity contribution in [1.82, 2.24) is 5.43 Å². The highest BCUT2D eigenvalue weighted by Crippen LogP contribution is 2.42. The highest BCUT2D eigenvalue weighted by atomic mass is 32.2. The Labute approximate surface area is 123 Å². The Morgan fingerprint density at radius 1 is 1.37 bits per heavy atom. The summed E-state index contributed by atoms with van der Waals surface area (Å²) in [6.07, 6.45) is 1.02. The van der Waals surface area contributed by atoms with E-state index in [1.54, 1.807) is 0 Å². The average Bonchev–Trinajstić information content (AvgIpc) is 2.91. The normalized spacial score (nSPS) is 27.7. The molecule has 1 aromatic carbocycles. The molecule has 3 unspecified atom stereocenters. The molecule has 5 heteroatoms. The van der Waals surface area contributed by atoms with Crippen molar-refractivity contribution in [3.05, 3.63) is 29.3 Å². The van der Waals surface area contributed by atoms with E-state index in [4.69, 9.17) is 10.6 Å². The van der Waals surface area contributed by atoms with Crippen LogP contribution in [0.3, 0.4) is 0 Å². The number of nitrogens with one attached hydrogen (secondary N) is 1. The van der Waals surface area contributed by atoms with E-state index in [0.29, 0.717) is 10.5 Å². The number of hydrazine groups is 1. The van der Waals surface area contributed by atoms with Crippen molar-refractivity contribution in [2.75, 3.05) is 18.1 Å². The van der Waals surface area contributed by atoms with E-state index in [2.05, 4.69) is 30.5 Å². The van der Waals surface area contributed by atoms with Gasteiger partial charge in [-0.3, -0.25) is 11.3 Å². The van der Waals surface area contributed by atoms with Gasteiger partial charge in [-0.15, -0.1) is 0 Å². The van der Waals surface area contributed by atoms with Crippen molar-refractivity contribution in [3.63, 3.8) is 0 Å². The van der Waals surface area contributed by atoms with Crippen LogP contribution in [0.25, 0.3) is 0 Å². The van der Waals surface area contributed by atoms with Gasteiger partial charge in [-0.25, -0.2) is 0 Å². The van der Waals surface area contributed by atoms with Gasteiger partial charge in [-0.1, -0.05) is 25.1 Å². The molecule has 2 aliphatic heterocycles. The summed E-state index contributed by atoms with van der Waals surface area (Å²) < 4.78 is 5.83. The fraction of sp³-hybridized carbons (Fsp3) is 0.571. The summed E-state index contributed by atoms with van der Waals surface area (Å²) in [5.41, 5.74) is 5.58. The Morgan fingerprint density at radius 3 is 3.00 bits per heavy atom. The van der Waals surface area contributed by atoms with E-state index < -0.39 is 0 Å². The molecule has 0 amide bonds. The van der Waals surface area contributed by atoms with Crippen LogP contribution >= 0.6 is 23.5 Å². The Kier molecular flexibility index (Phi) is 4.27. The number of hydrogen-bond acceptors (Lipinski definition) is 5. The van der Waals surface area contributed by atoms with Gasteiger partial charge in [0.1, 0.15) is 5.75 Å². The van der Waals surface area contributed by atoms with E-state index in [1.807, 2.05) is 23.5 Å². The van der Waals surface area contributed by atoms with Gasteiger partial charge in [0, 0.05) is 34.0 Å². The van der Waals surface area contributed by atoms with Crippen molar-refractivity contribution in [2.24, 2.45) is 5.84 Å². The molecular formula is C14H20N2OS2. The summed E-state index contributed by atoms with van der Waals surface area (Å²) >= 11 is 4.07. The second-order valence-electron chi connectivity index (χ2n) is 4.99. The van der Waals surface area contributed by atoms with Crippen molar-refractivity contribution in [3.8, 4) is 5.75 Å². The lowest BCUT2D eigenvalue weighted by Crippen LogP contribution is -2.41. The second kappa shape index (κ2) is 5.95. The molecule has 0 aromatic heterocycles. The lowest BCUT2D eigenvalue weighted by Gasteiger charge is -2.34. The molecule has 0 aliphatic carbocycles. The molecule has 0 radical (unpaired) electrons. The minimum Gasteiger partial charge on any atom is -0.493 e. The molecule has 3 nitrogen and oxygen atoms in total. The monoisotopic (exact) mass is 296 g/mol. The molecular weight excluding hydrogens is 276 g/mol. The molecule has 2 heterocycles. The molecule has 3 N–H and O–H groups in total. The van der Waals surface area contributed by atoms with Crippen LogP contribution in [-0.4, -0.2) is 28.6 Å². The first kappa shape index (κ1) is 13.6. The first-order chi connectivity index (χ1) is 9.31. The first-order valence-electron chi connectivity index (χ1n) is 6.75. The highest BCUT2D eigenvalue weighted by molar-refractivity contribution is 8.07. The van der Waals surface area contributed by atoms with Gasteiger partial charge in [0.15, 0.2) is 0 Å². The van der Waals surface area contributed by atoms with Crippen LogP contribution in [0.15, 0.2) is 18.2 Å². The fourth-order valence-electron chi connectivity index (χ4n) is 2.86. The van der Waals surface area contributed by atoms with Crippen LogP contribution in [0.5, 0.6) is 5.75 Å². The zero-order chi connectivity index (χ0) is 13.2. The smallest absolute Gasteiger partial charge is 0.127 e. The van der Waals surface area contributed by atoms with Crippen LogP contribution < -0.4 is 16.0 Å². The molecule has 1 fully saturated rings. The van der Waals surface area contributed by atoms with Crippen molar-refractivity contribution < 1.29 is 4.74 Å². The topological polar surface area (TPSA) is 47.3 Å². The molecule has 0 spiro atoms. The Morgan fingerprint density at radius 2 is 2.21 bits per heavy atom. The Balaban J connectivity index is 1.92. The predicted octanol–water partition coefficient (Wildman–Crippen LogP) is 2.36. The predicted molar refractivity (Wildman–Crippen MR) is 83.9 cm³/mol. The van der Waals surface area contributed by atoms with Crippen molar-refractivity contribution >= 4 is 23.5 Å². The van der Waals surface area contributed by atoms with Crippen molar-refractivity contribution in [2.45, 2.75) is 29.9 Å². The third-order valence-electron chi connectivity index (χ3n) is 3.83. The second-order valence-corrected chi connectivity index (χ2v) is 7.76. The van der Waals surface area contributed by atoms with Gasteiger partial charge >= 0.3 is 0 Å². The number of ether oxygens (including phenoxy) is 1. The van der Waals surface area contributed by atoms with Crippen molar-refractivity contribution in [1.29, 1.82) is 0 Å². The fourth-order valence-corrected chi connectivity index (χ4v) is 5.78. The van der Waals surface area contributed by atoms with E-state index in [9.17, 15) is 0 Å². The molecule has 3 atom stereocenters. The molecule has 1 saturated heterocycles. The largest absolute Gasteiger partial charge is 0.493 e. The van der Waals surface area contributed by atoms with Crippen LogP contribution in [0.2, 0.25) is 0 Å².